The Morgan fingerprint density at radius 3 is 3.00 bits per heavy atom. The summed E-state index contributed by atoms with van der Waals surface area (Å²) in [4.78, 5) is 12.4. The molecule has 0 saturated carbocycles. The van der Waals surface area contributed by atoms with Gasteiger partial charge in [-0.1, -0.05) is 18.5 Å². The number of rotatable bonds is 3. The average molecular weight is 279 g/mol. The number of aromatic nitrogens is 1. The van der Waals surface area contributed by atoms with Crippen molar-refractivity contribution in [2.45, 2.75) is 45.4 Å². The van der Waals surface area contributed by atoms with Crippen LogP contribution in [0.3, 0.4) is 0 Å². The molecule has 1 aliphatic heterocycles. The van der Waals surface area contributed by atoms with E-state index in [1.165, 1.54) is 24.3 Å². The van der Waals surface area contributed by atoms with Gasteiger partial charge in [0.1, 0.15) is 5.76 Å². The molecule has 0 N–H and O–H groups in total. The molecule has 0 spiro atoms. The molecule has 0 amide bonds. The fraction of sp³-hybridized carbons (Fsp3) is 0.733. The molecule has 104 valence electrons. The minimum absolute atomic E-state index is 0.270. The van der Waals surface area contributed by atoms with Crippen LogP contribution >= 0.6 is 11.8 Å². The van der Waals surface area contributed by atoms with Crippen LogP contribution in [-0.2, 0) is 12.8 Å². The number of ketones is 1. The van der Waals surface area contributed by atoms with Crippen LogP contribution in [0, 0.1) is 11.8 Å². The van der Waals surface area contributed by atoms with Gasteiger partial charge in [0.2, 0.25) is 0 Å². The lowest BCUT2D eigenvalue weighted by atomic mass is 9.77. The smallest absolute Gasteiger partial charge is 0.168 e. The van der Waals surface area contributed by atoms with Crippen molar-refractivity contribution in [2.24, 2.45) is 11.8 Å². The highest BCUT2D eigenvalue weighted by molar-refractivity contribution is 7.99. The second-order valence-electron chi connectivity index (χ2n) is 5.75. The van der Waals surface area contributed by atoms with Crippen LogP contribution in [0.1, 0.15) is 54.4 Å². The van der Waals surface area contributed by atoms with Gasteiger partial charge >= 0.3 is 0 Å². The Morgan fingerprint density at radius 1 is 1.37 bits per heavy atom. The maximum atomic E-state index is 12.4. The van der Waals surface area contributed by atoms with Crippen LogP contribution in [0.4, 0.5) is 0 Å². The summed E-state index contributed by atoms with van der Waals surface area (Å²) in [7, 11) is 0. The zero-order chi connectivity index (χ0) is 13.2. The number of Topliss-reactive ketones (excluding diaryl/α,β-unsaturated/α-hetero) is 1. The largest absolute Gasteiger partial charge is 0.360 e. The lowest BCUT2D eigenvalue weighted by Gasteiger charge is -2.31. The summed E-state index contributed by atoms with van der Waals surface area (Å²) in [6.45, 7) is 2.11. The first-order valence-electron chi connectivity index (χ1n) is 7.38. The number of carbonyl (C=O) groups is 1. The number of fused-ring (bicyclic) bond motifs is 1. The predicted molar refractivity (Wildman–Crippen MR) is 76.7 cm³/mol. The molecule has 19 heavy (non-hydrogen) atoms. The Bertz CT molecular complexity index is 463. The van der Waals surface area contributed by atoms with Gasteiger partial charge in [0, 0.05) is 12.8 Å². The van der Waals surface area contributed by atoms with E-state index in [1.54, 1.807) is 0 Å². The van der Waals surface area contributed by atoms with E-state index in [0.717, 1.165) is 36.3 Å². The van der Waals surface area contributed by atoms with Gasteiger partial charge in [-0.3, -0.25) is 4.79 Å². The van der Waals surface area contributed by atoms with E-state index < -0.39 is 0 Å². The molecule has 0 radical (unpaired) electrons. The zero-order valence-corrected chi connectivity index (χ0v) is 12.3. The van der Waals surface area contributed by atoms with Crippen molar-refractivity contribution in [3.63, 3.8) is 0 Å². The summed E-state index contributed by atoms with van der Waals surface area (Å²) < 4.78 is 5.45. The Balaban J connectivity index is 1.78. The van der Waals surface area contributed by atoms with Gasteiger partial charge in [0.25, 0.3) is 0 Å². The second kappa shape index (κ2) is 5.70. The van der Waals surface area contributed by atoms with E-state index in [2.05, 4.69) is 12.1 Å². The zero-order valence-electron chi connectivity index (χ0n) is 11.5. The molecule has 4 heteroatoms. The number of nitrogens with zero attached hydrogens (tertiary/aromatic N) is 1. The number of hydrogen-bond acceptors (Lipinski definition) is 4. The third kappa shape index (κ3) is 2.60. The molecule has 2 aliphatic rings. The normalized spacial score (nSPS) is 27.3. The molecule has 0 bridgehead atoms. The van der Waals surface area contributed by atoms with E-state index in [4.69, 9.17) is 4.52 Å². The Morgan fingerprint density at radius 2 is 2.26 bits per heavy atom. The molecular weight excluding hydrogens is 258 g/mol. The van der Waals surface area contributed by atoms with Gasteiger partial charge in [0.05, 0.1) is 11.3 Å². The number of thioether (sulfide) groups is 1. The number of aryl methyl sites for hydroxylation is 1. The summed E-state index contributed by atoms with van der Waals surface area (Å²) >= 11 is 2.03. The molecule has 2 atom stereocenters. The van der Waals surface area contributed by atoms with Crippen molar-refractivity contribution in [1.82, 2.24) is 5.16 Å². The van der Waals surface area contributed by atoms with Crippen LogP contribution in [0.5, 0.6) is 0 Å². The lowest BCUT2D eigenvalue weighted by molar-refractivity contribution is 0.0919. The molecule has 1 saturated heterocycles. The van der Waals surface area contributed by atoms with E-state index in [1.807, 2.05) is 11.8 Å². The molecule has 3 nitrogen and oxygen atoms in total. The first-order valence-corrected chi connectivity index (χ1v) is 8.53. The van der Waals surface area contributed by atoms with Crippen molar-refractivity contribution in [1.29, 1.82) is 0 Å². The maximum absolute atomic E-state index is 12.4. The number of carbonyl (C=O) groups excluding carboxylic acids is 1. The molecule has 2 unspecified atom stereocenters. The Hall–Kier alpha value is -0.770. The van der Waals surface area contributed by atoms with Crippen molar-refractivity contribution in [2.75, 3.05) is 11.5 Å². The van der Waals surface area contributed by atoms with Crippen LogP contribution in [0.2, 0.25) is 0 Å². The lowest BCUT2D eigenvalue weighted by Crippen LogP contribution is -2.29. The highest BCUT2D eigenvalue weighted by atomic mass is 32.2. The maximum Gasteiger partial charge on any atom is 0.168 e. The third-order valence-corrected chi connectivity index (χ3v) is 5.60. The van der Waals surface area contributed by atoms with Crippen LogP contribution in [-0.4, -0.2) is 22.4 Å². The predicted octanol–water partition coefficient (Wildman–Crippen LogP) is 3.52. The van der Waals surface area contributed by atoms with Crippen molar-refractivity contribution < 1.29 is 9.32 Å². The quantitative estimate of drug-likeness (QED) is 0.849. The Labute approximate surface area is 118 Å². The highest BCUT2D eigenvalue weighted by Crippen LogP contribution is 2.37. The van der Waals surface area contributed by atoms with Gasteiger partial charge in [-0.25, -0.2) is 0 Å². The second-order valence-corrected chi connectivity index (χ2v) is 6.90. The summed E-state index contributed by atoms with van der Waals surface area (Å²) in [5, 5.41) is 4.12. The van der Waals surface area contributed by atoms with Gasteiger partial charge in [-0.05, 0) is 42.6 Å². The molecule has 1 aromatic heterocycles. The van der Waals surface area contributed by atoms with Crippen LogP contribution in [0.25, 0.3) is 0 Å². The minimum Gasteiger partial charge on any atom is -0.360 e. The summed E-state index contributed by atoms with van der Waals surface area (Å²) in [5.41, 5.74) is 1.71. The molecule has 1 aromatic rings. The molecule has 2 heterocycles. The monoisotopic (exact) mass is 279 g/mol. The van der Waals surface area contributed by atoms with E-state index >= 15 is 0 Å². The summed E-state index contributed by atoms with van der Waals surface area (Å²) in [5.74, 6) is 4.80. The molecule has 1 aliphatic carbocycles. The van der Waals surface area contributed by atoms with Gasteiger partial charge < -0.3 is 4.52 Å². The first kappa shape index (κ1) is 13.2. The van der Waals surface area contributed by atoms with Crippen molar-refractivity contribution in [3.05, 3.63) is 17.0 Å². The van der Waals surface area contributed by atoms with Crippen LogP contribution < -0.4 is 0 Å². The van der Waals surface area contributed by atoms with Gasteiger partial charge in [0.15, 0.2) is 5.78 Å². The topological polar surface area (TPSA) is 43.1 Å². The Kier molecular flexibility index (Phi) is 3.96. The van der Waals surface area contributed by atoms with Crippen molar-refractivity contribution >= 4 is 17.5 Å². The number of hydrogen-bond donors (Lipinski definition) is 0. The minimum atomic E-state index is 0.270. The molecule has 0 aromatic carbocycles. The van der Waals surface area contributed by atoms with Gasteiger partial charge in [-0.2, -0.15) is 11.8 Å². The summed E-state index contributed by atoms with van der Waals surface area (Å²) in [6.07, 6.45) is 6.06. The molecule has 1 fully saturated rings. The highest BCUT2D eigenvalue weighted by Gasteiger charge is 2.35. The molecular formula is C15H21NO2S. The third-order valence-electron chi connectivity index (χ3n) is 4.36. The molecule has 3 rings (SSSR count). The van der Waals surface area contributed by atoms with E-state index in [0.29, 0.717) is 18.3 Å². The first-order chi connectivity index (χ1) is 9.29. The van der Waals surface area contributed by atoms with Crippen LogP contribution in [0.15, 0.2) is 4.52 Å². The van der Waals surface area contributed by atoms with Crippen molar-refractivity contribution in [3.8, 4) is 0 Å². The van der Waals surface area contributed by atoms with E-state index in [9.17, 15) is 4.79 Å². The average Bonchev–Trinajstić information content (AvgIpc) is 2.84. The SMILES string of the molecule is CCCc1noc2c1C(=O)CC(C1CCCSC1)C2. The fourth-order valence-corrected chi connectivity index (χ4v) is 4.63. The van der Waals surface area contributed by atoms with E-state index in [-0.39, 0.29) is 5.78 Å². The van der Waals surface area contributed by atoms with Gasteiger partial charge in [-0.15, -0.1) is 0 Å². The fourth-order valence-electron chi connectivity index (χ4n) is 3.35. The summed E-state index contributed by atoms with van der Waals surface area (Å²) in [6, 6.07) is 0. The standard InChI is InChI=1S/C15H21NO2S/c1-2-4-12-15-13(17)7-11(8-14(15)18-16-12)10-5-3-6-19-9-10/h10-11H,2-9H2,1H3.